The number of hydrogen-bond acceptors (Lipinski definition) is 3. The van der Waals surface area contributed by atoms with E-state index in [4.69, 9.17) is 27.9 Å². The van der Waals surface area contributed by atoms with E-state index in [-0.39, 0.29) is 13.0 Å². The number of halogens is 2. The van der Waals surface area contributed by atoms with Crippen molar-refractivity contribution in [1.29, 1.82) is 0 Å². The fourth-order valence-electron chi connectivity index (χ4n) is 3.75. The van der Waals surface area contributed by atoms with Crippen molar-refractivity contribution in [3.8, 4) is 5.75 Å². The van der Waals surface area contributed by atoms with Crippen LogP contribution in [0.15, 0.2) is 54.6 Å². The SMILES string of the molecule is Cc1cc(C)c(C(=O)N[C@@H](Cc2ccc(OCc3c(Cl)cccc3Cl)cc2)C(=O)O)c(C)c1. The summed E-state index contributed by atoms with van der Waals surface area (Å²) in [5.41, 5.74) is 4.64. The molecule has 0 aliphatic rings. The molecule has 0 saturated carbocycles. The van der Waals surface area contributed by atoms with E-state index in [0.717, 1.165) is 22.3 Å². The van der Waals surface area contributed by atoms with Crippen LogP contribution < -0.4 is 10.1 Å². The van der Waals surface area contributed by atoms with E-state index in [1.165, 1.54) is 0 Å². The molecule has 0 bridgehead atoms. The van der Waals surface area contributed by atoms with E-state index in [1.54, 1.807) is 42.5 Å². The van der Waals surface area contributed by atoms with Gasteiger partial charge in [0.25, 0.3) is 5.91 Å². The van der Waals surface area contributed by atoms with Crippen LogP contribution >= 0.6 is 23.2 Å². The Balaban J connectivity index is 1.66. The molecule has 3 aromatic carbocycles. The maximum atomic E-state index is 12.8. The van der Waals surface area contributed by atoms with Gasteiger partial charge in [0.2, 0.25) is 0 Å². The number of ether oxygens (including phenoxy) is 1. The highest BCUT2D eigenvalue weighted by Gasteiger charge is 2.23. The van der Waals surface area contributed by atoms with Crippen LogP contribution in [0, 0.1) is 20.8 Å². The molecule has 0 aliphatic carbocycles. The van der Waals surface area contributed by atoms with Crippen molar-refractivity contribution in [2.45, 2.75) is 39.8 Å². The average Bonchev–Trinajstić information content (AvgIpc) is 2.73. The minimum Gasteiger partial charge on any atom is -0.489 e. The smallest absolute Gasteiger partial charge is 0.326 e. The normalized spacial score (nSPS) is 11.7. The maximum Gasteiger partial charge on any atom is 0.326 e. The molecule has 0 saturated heterocycles. The Morgan fingerprint density at radius 1 is 0.970 bits per heavy atom. The highest BCUT2D eigenvalue weighted by Crippen LogP contribution is 2.26. The van der Waals surface area contributed by atoms with Gasteiger partial charge in [0.1, 0.15) is 18.4 Å². The average molecular weight is 486 g/mol. The van der Waals surface area contributed by atoms with Crippen LogP contribution in [0.5, 0.6) is 5.75 Å². The largest absolute Gasteiger partial charge is 0.489 e. The standard InChI is InChI=1S/C26H25Cl2NO4/c1-15-11-16(2)24(17(3)12-15)25(30)29-23(26(31)32)13-18-7-9-19(10-8-18)33-14-20-21(27)5-4-6-22(20)28/h4-12,23H,13-14H2,1-3H3,(H,29,30)(H,31,32)/t23-/m0/s1. The molecule has 3 rings (SSSR count). The van der Waals surface area contributed by atoms with Gasteiger partial charge in [-0.2, -0.15) is 0 Å². The predicted molar refractivity (Wildman–Crippen MR) is 130 cm³/mol. The molecular formula is C26H25Cl2NO4. The van der Waals surface area contributed by atoms with Gasteiger partial charge in [-0.3, -0.25) is 4.79 Å². The van der Waals surface area contributed by atoms with Crippen molar-refractivity contribution < 1.29 is 19.4 Å². The second-order valence-electron chi connectivity index (χ2n) is 7.97. The first-order valence-electron chi connectivity index (χ1n) is 10.4. The number of aliphatic carboxylic acids is 1. The van der Waals surface area contributed by atoms with E-state index in [2.05, 4.69) is 5.32 Å². The molecule has 0 unspecified atom stereocenters. The van der Waals surface area contributed by atoms with Crippen LogP contribution in [-0.4, -0.2) is 23.0 Å². The van der Waals surface area contributed by atoms with Crippen LogP contribution in [0.4, 0.5) is 0 Å². The molecule has 5 nitrogen and oxygen atoms in total. The molecule has 1 amide bonds. The summed E-state index contributed by atoms with van der Waals surface area (Å²) in [5.74, 6) is -0.898. The lowest BCUT2D eigenvalue weighted by Crippen LogP contribution is -2.42. The van der Waals surface area contributed by atoms with Crippen LogP contribution in [-0.2, 0) is 17.8 Å². The molecule has 2 N–H and O–H groups in total. The number of carbonyl (C=O) groups excluding carboxylic acids is 1. The molecule has 1 atom stereocenters. The third-order valence-electron chi connectivity index (χ3n) is 5.32. The maximum absolute atomic E-state index is 12.8. The summed E-state index contributed by atoms with van der Waals surface area (Å²) < 4.78 is 5.76. The van der Waals surface area contributed by atoms with E-state index in [1.807, 2.05) is 32.9 Å². The fourth-order valence-corrected chi connectivity index (χ4v) is 4.26. The molecule has 3 aromatic rings. The van der Waals surface area contributed by atoms with Gasteiger partial charge in [-0.1, -0.05) is 59.1 Å². The minimum atomic E-state index is -1.10. The minimum absolute atomic E-state index is 0.141. The Morgan fingerprint density at radius 3 is 2.09 bits per heavy atom. The van der Waals surface area contributed by atoms with Gasteiger partial charge in [-0.15, -0.1) is 0 Å². The van der Waals surface area contributed by atoms with Gasteiger partial charge in [0, 0.05) is 27.6 Å². The Kier molecular flexibility index (Phi) is 8.01. The third kappa shape index (κ3) is 6.28. The monoisotopic (exact) mass is 485 g/mol. The van der Waals surface area contributed by atoms with Gasteiger partial charge in [0.15, 0.2) is 0 Å². The van der Waals surface area contributed by atoms with Crippen LogP contribution in [0.1, 0.15) is 38.2 Å². The van der Waals surface area contributed by atoms with Crippen LogP contribution in [0.3, 0.4) is 0 Å². The summed E-state index contributed by atoms with van der Waals surface area (Å²) in [5, 5.41) is 13.4. The highest BCUT2D eigenvalue weighted by atomic mass is 35.5. The number of carboxylic acids is 1. The van der Waals surface area contributed by atoms with Crippen molar-refractivity contribution in [2.75, 3.05) is 0 Å². The van der Waals surface area contributed by atoms with Crippen molar-refractivity contribution in [2.24, 2.45) is 0 Å². The zero-order valence-corrected chi connectivity index (χ0v) is 20.1. The van der Waals surface area contributed by atoms with Crippen molar-refractivity contribution in [3.63, 3.8) is 0 Å². The van der Waals surface area contributed by atoms with Crippen molar-refractivity contribution in [3.05, 3.63) is 98.0 Å². The number of amides is 1. The Labute approximate surface area is 203 Å². The number of rotatable bonds is 8. The molecule has 0 fully saturated rings. The molecular weight excluding hydrogens is 461 g/mol. The summed E-state index contributed by atoms with van der Waals surface area (Å²) >= 11 is 12.3. The van der Waals surface area contributed by atoms with Gasteiger partial charge in [-0.25, -0.2) is 4.79 Å². The van der Waals surface area contributed by atoms with Crippen molar-refractivity contribution >= 4 is 35.1 Å². The van der Waals surface area contributed by atoms with Crippen LogP contribution in [0.25, 0.3) is 0 Å². The number of aryl methyl sites for hydroxylation is 3. The van der Waals surface area contributed by atoms with E-state index in [0.29, 0.717) is 26.9 Å². The van der Waals surface area contributed by atoms with Gasteiger partial charge >= 0.3 is 5.97 Å². The number of benzene rings is 3. The lowest BCUT2D eigenvalue weighted by molar-refractivity contribution is -0.139. The zero-order chi connectivity index (χ0) is 24.1. The van der Waals surface area contributed by atoms with E-state index in [9.17, 15) is 14.7 Å². The lowest BCUT2D eigenvalue weighted by atomic mass is 9.98. The number of hydrogen-bond donors (Lipinski definition) is 2. The predicted octanol–water partition coefficient (Wildman–Crippen LogP) is 5.92. The summed E-state index contributed by atoms with van der Waals surface area (Å²) in [6, 6.07) is 15.0. The summed E-state index contributed by atoms with van der Waals surface area (Å²) in [6.07, 6.45) is 0.141. The lowest BCUT2D eigenvalue weighted by Gasteiger charge is -2.17. The molecule has 172 valence electrons. The number of carboxylic acid groups (broad SMARTS) is 1. The van der Waals surface area contributed by atoms with Gasteiger partial charge in [0.05, 0.1) is 0 Å². The second-order valence-corrected chi connectivity index (χ2v) is 8.79. The molecule has 0 heterocycles. The summed E-state index contributed by atoms with van der Waals surface area (Å²) in [4.78, 5) is 24.6. The molecule has 7 heteroatoms. The number of nitrogens with one attached hydrogen (secondary N) is 1. The molecule has 0 spiro atoms. The topological polar surface area (TPSA) is 75.6 Å². The Hall–Kier alpha value is -3.02. The fraction of sp³-hybridized carbons (Fsp3) is 0.231. The quantitative estimate of drug-likeness (QED) is 0.414. The van der Waals surface area contributed by atoms with Gasteiger partial charge < -0.3 is 15.2 Å². The van der Waals surface area contributed by atoms with Gasteiger partial charge in [-0.05, 0) is 61.7 Å². The van der Waals surface area contributed by atoms with Crippen LogP contribution in [0.2, 0.25) is 10.0 Å². The first-order chi connectivity index (χ1) is 15.7. The van der Waals surface area contributed by atoms with Crippen molar-refractivity contribution in [1.82, 2.24) is 5.32 Å². The molecule has 33 heavy (non-hydrogen) atoms. The third-order valence-corrected chi connectivity index (χ3v) is 6.02. The summed E-state index contributed by atoms with van der Waals surface area (Å²) in [6.45, 7) is 5.86. The first-order valence-corrected chi connectivity index (χ1v) is 11.2. The zero-order valence-electron chi connectivity index (χ0n) is 18.6. The second kappa shape index (κ2) is 10.7. The molecule has 0 radical (unpaired) electrons. The number of carbonyl (C=O) groups is 2. The molecule has 0 aromatic heterocycles. The van der Waals surface area contributed by atoms with E-state index < -0.39 is 17.9 Å². The Bertz CT molecular complexity index is 1130. The molecule has 0 aliphatic heterocycles. The summed E-state index contributed by atoms with van der Waals surface area (Å²) in [7, 11) is 0. The van der Waals surface area contributed by atoms with E-state index >= 15 is 0 Å². The highest BCUT2D eigenvalue weighted by molar-refractivity contribution is 6.35. The first kappa shape index (κ1) is 24.6. The Morgan fingerprint density at radius 2 is 1.55 bits per heavy atom.